The molecule has 7 heteroatoms. The van der Waals surface area contributed by atoms with Crippen molar-refractivity contribution < 1.29 is 9.53 Å². The largest absolute Gasteiger partial charge is 0.496 e. The van der Waals surface area contributed by atoms with Gasteiger partial charge in [0.1, 0.15) is 5.75 Å². The van der Waals surface area contributed by atoms with Gasteiger partial charge in [-0.2, -0.15) is 0 Å². The van der Waals surface area contributed by atoms with Crippen molar-refractivity contribution >= 4 is 46.4 Å². The molecular formula is C31H27Cl3N2O2. The number of ether oxygens (including phenoxy) is 1. The molecule has 0 aromatic heterocycles. The summed E-state index contributed by atoms with van der Waals surface area (Å²) in [6.45, 7) is 1.78. The van der Waals surface area contributed by atoms with Crippen LogP contribution in [-0.2, 0) is 11.2 Å². The molecule has 0 bridgehead atoms. The summed E-state index contributed by atoms with van der Waals surface area (Å²) in [5.74, 6) is 0.916. The molecule has 0 radical (unpaired) electrons. The second kappa shape index (κ2) is 11.7. The number of amides is 1. The van der Waals surface area contributed by atoms with E-state index in [0.29, 0.717) is 41.1 Å². The van der Waals surface area contributed by atoms with Crippen LogP contribution in [0, 0.1) is 0 Å². The molecule has 0 aliphatic carbocycles. The number of hydrogen-bond donors (Lipinski definition) is 0. The fraction of sp³-hybridized carbons (Fsp3) is 0.194. The maximum Gasteiger partial charge on any atom is 0.227 e. The lowest BCUT2D eigenvalue weighted by molar-refractivity contribution is -0.131. The Bertz CT molecular complexity index is 1420. The van der Waals surface area contributed by atoms with Crippen molar-refractivity contribution in [1.82, 2.24) is 4.90 Å². The van der Waals surface area contributed by atoms with Crippen LogP contribution < -0.4 is 9.64 Å². The van der Waals surface area contributed by atoms with E-state index in [1.807, 2.05) is 89.8 Å². The summed E-state index contributed by atoms with van der Waals surface area (Å²) in [6, 6.07) is 29.3. The fourth-order valence-corrected chi connectivity index (χ4v) is 5.60. The number of piperazine rings is 1. The summed E-state index contributed by atoms with van der Waals surface area (Å²) in [5, 5.41) is 1.85. The van der Waals surface area contributed by atoms with Gasteiger partial charge in [-0.15, -0.1) is 0 Å². The Kier molecular flexibility index (Phi) is 8.13. The minimum atomic E-state index is -0.0726. The summed E-state index contributed by atoms with van der Waals surface area (Å²) in [7, 11) is 1.67. The topological polar surface area (TPSA) is 32.8 Å². The average Bonchev–Trinajstić information content (AvgIpc) is 2.94. The van der Waals surface area contributed by atoms with Gasteiger partial charge >= 0.3 is 0 Å². The van der Waals surface area contributed by atoms with Gasteiger partial charge in [-0.25, -0.2) is 0 Å². The predicted octanol–water partition coefficient (Wildman–Crippen LogP) is 7.96. The number of hydrogen-bond acceptors (Lipinski definition) is 3. The Morgan fingerprint density at radius 2 is 1.58 bits per heavy atom. The number of methoxy groups -OCH3 is 1. The third-order valence-corrected chi connectivity index (χ3v) is 7.72. The van der Waals surface area contributed by atoms with Crippen molar-refractivity contribution in [2.75, 3.05) is 31.6 Å². The highest BCUT2D eigenvalue weighted by molar-refractivity contribution is 6.36. The molecule has 1 unspecified atom stereocenters. The van der Waals surface area contributed by atoms with Gasteiger partial charge in [-0.05, 0) is 53.1 Å². The van der Waals surface area contributed by atoms with E-state index in [2.05, 4.69) is 4.90 Å². The molecule has 0 N–H and O–H groups in total. The molecule has 1 atom stereocenters. The molecule has 1 fully saturated rings. The van der Waals surface area contributed by atoms with Crippen LogP contribution in [0.5, 0.6) is 5.75 Å². The van der Waals surface area contributed by atoms with Crippen LogP contribution in [0.2, 0.25) is 15.1 Å². The second-order valence-corrected chi connectivity index (χ2v) is 10.6. The monoisotopic (exact) mass is 564 g/mol. The SMILES string of the molecule is COc1ccccc1-c1ccc(CC(=O)N2CCN(c3ccc(Cl)cc3Cl)C(c3ccc(Cl)cc3)C2)cc1. The first-order valence-electron chi connectivity index (χ1n) is 12.4. The Balaban J connectivity index is 1.34. The van der Waals surface area contributed by atoms with Gasteiger partial charge in [0.05, 0.1) is 30.3 Å². The zero-order valence-corrected chi connectivity index (χ0v) is 23.2. The van der Waals surface area contributed by atoms with Crippen LogP contribution >= 0.6 is 34.8 Å². The zero-order chi connectivity index (χ0) is 26.6. The molecule has 5 rings (SSSR count). The Labute approximate surface area is 238 Å². The molecule has 1 amide bonds. The molecule has 1 heterocycles. The molecule has 194 valence electrons. The van der Waals surface area contributed by atoms with E-state index >= 15 is 0 Å². The number of carbonyl (C=O) groups is 1. The number of carbonyl (C=O) groups excluding carboxylic acids is 1. The van der Waals surface area contributed by atoms with Crippen LogP contribution in [0.1, 0.15) is 17.2 Å². The standard InChI is InChI=1S/C31H27Cl3N2O2/c1-38-30-5-3-2-4-26(30)22-8-6-21(7-9-22)18-31(37)35-16-17-36(28-15-14-25(33)19-27(28)34)29(20-35)23-10-12-24(32)13-11-23/h2-15,19,29H,16-18,20H2,1H3. The Morgan fingerprint density at radius 3 is 2.29 bits per heavy atom. The molecule has 38 heavy (non-hydrogen) atoms. The van der Waals surface area contributed by atoms with Gasteiger partial charge < -0.3 is 14.5 Å². The van der Waals surface area contributed by atoms with Gasteiger partial charge in [0.25, 0.3) is 0 Å². The van der Waals surface area contributed by atoms with Crippen LogP contribution in [0.3, 0.4) is 0 Å². The molecule has 1 aliphatic rings. The lowest BCUT2D eigenvalue weighted by Crippen LogP contribution is -2.51. The van der Waals surface area contributed by atoms with Crippen molar-refractivity contribution in [3.8, 4) is 16.9 Å². The highest BCUT2D eigenvalue weighted by Crippen LogP contribution is 2.37. The molecule has 4 aromatic rings. The van der Waals surface area contributed by atoms with Crippen molar-refractivity contribution in [3.63, 3.8) is 0 Å². The first-order valence-corrected chi connectivity index (χ1v) is 13.5. The van der Waals surface area contributed by atoms with Crippen LogP contribution in [0.25, 0.3) is 11.1 Å². The van der Waals surface area contributed by atoms with Crippen molar-refractivity contribution in [3.05, 3.63) is 117 Å². The van der Waals surface area contributed by atoms with E-state index in [-0.39, 0.29) is 11.9 Å². The van der Waals surface area contributed by atoms with Gasteiger partial charge in [0, 0.05) is 35.2 Å². The molecule has 0 saturated carbocycles. The van der Waals surface area contributed by atoms with E-state index in [0.717, 1.165) is 33.7 Å². The molecule has 0 spiro atoms. The summed E-state index contributed by atoms with van der Waals surface area (Å²) in [5.41, 5.74) is 5.01. The number of nitrogens with zero attached hydrogens (tertiary/aromatic N) is 2. The van der Waals surface area contributed by atoms with Crippen molar-refractivity contribution in [2.24, 2.45) is 0 Å². The lowest BCUT2D eigenvalue weighted by Gasteiger charge is -2.43. The smallest absolute Gasteiger partial charge is 0.227 e. The third kappa shape index (κ3) is 5.78. The number of rotatable bonds is 6. The molecule has 1 saturated heterocycles. The first-order chi connectivity index (χ1) is 18.4. The van der Waals surface area contributed by atoms with Gasteiger partial charge in [0.15, 0.2) is 0 Å². The van der Waals surface area contributed by atoms with E-state index < -0.39 is 0 Å². The molecule has 4 aromatic carbocycles. The van der Waals surface area contributed by atoms with Gasteiger partial charge in [-0.3, -0.25) is 4.79 Å². The maximum atomic E-state index is 13.4. The Hall–Kier alpha value is -3.18. The Morgan fingerprint density at radius 1 is 0.868 bits per heavy atom. The summed E-state index contributed by atoms with van der Waals surface area (Å²) in [4.78, 5) is 17.6. The predicted molar refractivity (Wildman–Crippen MR) is 157 cm³/mol. The normalized spacial score (nSPS) is 15.4. The average molecular weight is 566 g/mol. The summed E-state index contributed by atoms with van der Waals surface area (Å²) >= 11 is 18.9. The highest BCUT2D eigenvalue weighted by Gasteiger charge is 2.32. The zero-order valence-electron chi connectivity index (χ0n) is 20.9. The van der Waals surface area contributed by atoms with Crippen molar-refractivity contribution in [2.45, 2.75) is 12.5 Å². The van der Waals surface area contributed by atoms with Crippen LogP contribution in [0.15, 0.2) is 91.0 Å². The molecule has 1 aliphatic heterocycles. The van der Waals surface area contributed by atoms with E-state index in [1.165, 1.54) is 0 Å². The van der Waals surface area contributed by atoms with Crippen LogP contribution in [-0.4, -0.2) is 37.6 Å². The van der Waals surface area contributed by atoms with Crippen LogP contribution in [0.4, 0.5) is 5.69 Å². The van der Waals surface area contributed by atoms with Gasteiger partial charge in [0.2, 0.25) is 5.91 Å². The summed E-state index contributed by atoms with van der Waals surface area (Å²) < 4.78 is 5.49. The summed E-state index contributed by atoms with van der Waals surface area (Å²) in [6.07, 6.45) is 0.335. The molecule has 4 nitrogen and oxygen atoms in total. The number of para-hydroxylation sites is 1. The second-order valence-electron chi connectivity index (χ2n) is 9.27. The number of halogens is 3. The quantitative estimate of drug-likeness (QED) is 0.238. The number of benzene rings is 4. The first kappa shape index (κ1) is 26.4. The van der Waals surface area contributed by atoms with E-state index in [4.69, 9.17) is 39.5 Å². The van der Waals surface area contributed by atoms with Crippen molar-refractivity contribution in [1.29, 1.82) is 0 Å². The molecular weight excluding hydrogens is 539 g/mol. The highest BCUT2D eigenvalue weighted by atomic mass is 35.5. The lowest BCUT2D eigenvalue weighted by atomic mass is 9.99. The number of anilines is 1. The minimum absolute atomic E-state index is 0.0726. The van der Waals surface area contributed by atoms with Gasteiger partial charge in [-0.1, -0.05) is 89.4 Å². The minimum Gasteiger partial charge on any atom is -0.496 e. The van der Waals surface area contributed by atoms with E-state index in [9.17, 15) is 4.79 Å². The maximum absolute atomic E-state index is 13.4. The third-order valence-electron chi connectivity index (χ3n) is 6.93. The van der Waals surface area contributed by atoms with E-state index in [1.54, 1.807) is 13.2 Å². The fourth-order valence-electron chi connectivity index (χ4n) is 4.95.